The Bertz CT molecular complexity index is 348. The number of aliphatic hydroxyl groups is 1. The van der Waals surface area contributed by atoms with Crippen molar-refractivity contribution in [1.29, 1.82) is 0 Å². The number of nitrogens with zero attached hydrogens (tertiary/aromatic N) is 3. The smallest absolute Gasteiger partial charge is 0.236 e. The summed E-state index contributed by atoms with van der Waals surface area (Å²) in [5.74, 6) is 0.219. The van der Waals surface area contributed by atoms with E-state index in [1.165, 1.54) is 19.3 Å². The molecule has 2 saturated heterocycles. The minimum absolute atomic E-state index is 0.219. The molecule has 0 radical (unpaired) electrons. The van der Waals surface area contributed by atoms with Gasteiger partial charge in [-0.05, 0) is 52.6 Å². The van der Waals surface area contributed by atoms with Crippen LogP contribution in [-0.4, -0.2) is 83.7 Å². The topological polar surface area (TPSA) is 47.0 Å². The van der Waals surface area contributed by atoms with E-state index in [1.54, 1.807) is 0 Å². The van der Waals surface area contributed by atoms with Gasteiger partial charge in [0, 0.05) is 31.7 Å². The Balaban J connectivity index is 1.87. The normalized spacial score (nSPS) is 27.7. The molecule has 1 amide bonds. The number of rotatable bonds is 6. The van der Waals surface area contributed by atoms with Crippen LogP contribution in [0.15, 0.2) is 0 Å². The van der Waals surface area contributed by atoms with Crippen molar-refractivity contribution in [3.05, 3.63) is 0 Å². The molecule has 21 heavy (non-hydrogen) atoms. The molecule has 122 valence electrons. The molecule has 0 saturated carbocycles. The summed E-state index contributed by atoms with van der Waals surface area (Å²) in [4.78, 5) is 18.9. The summed E-state index contributed by atoms with van der Waals surface area (Å²) >= 11 is 0. The van der Waals surface area contributed by atoms with Crippen LogP contribution in [0.1, 0.15) is 39.5 Å². The van der Waals surface area contributed by atoms with Crippen LogP contribution in [0, 0.1) is 0 Å². The zero-order valence-corrected chi connectivity index (χ0v) is 13.8. The fourth-order valence-electron chi connectivity index (χ4n) is 3.50. The van der Waals surface area contributed by atoms with Crippen LogP contribution in [-0.2, 0) is 4.79 Å². The molecule has 2 unspecified atom stereocenters. The minimum Gasteiger partial charge on any atom is -0.395 e. The Labute approximate surface area is 128 Å². The van der Waals surface area contributed by atoms with E-state index < -0.39 is 0 Å². The van der Waals surface area contributed by atoms with Gasteiger partial charge in [-0.2, -0.15) is 0 Å². The van der Waals surface area contributed by atoms with Crippen LogP contribution >= 0.6 is 0 Å². The number of likely N-dealkylation sites (N-methyl/N-ethyl adjacent to an activating group) is 1. The molecule has 2 heterocycles. The summed E-state index contributed by atoms with van der Waals surface area (Å²) in [5, 5.41) is 9.44. The lowest BCUT2D eigenvalue weighted by molar-refractivity contribution is -0.132. The van der Waals surface area contributed by atoms with Crippen molar-refractivity contribution in [3.63, 3.8) is 0 Å². The third-order valence-corrected chi connectivity index (χ3v) is 5.16. The van der Waals surface area contributed by atoms with Crippen molar-refractivity contribution in [1.82, 2.24) is 14.7 Å². The van der Waals surface area contributed by atoms with Gasteiger partial charge in [-0.25, -0.2) is 0 Å². The van der Waals surface area contributed by atoms with Gasteiger partial charge in [-0.1, -0.05) is 0 Å². The second kappa shape index (κ2) is 7.56. The Hall–Kier alpha value is -0.650. The van der Waals surface area contributed by atoms with Gasteiger partial charge in [0.2, 0.25) is 5.91 Å². The van der Waals surface area contributed by atoms with Gasteiger partial charge in [0.15, 0.2) is 0 Å². The molecule has 2 rings (SSSR count). The lowest BCUT2D eigenvalue weighted by Crippen LogP contribution is -2.47. The van der Waals surface area contributed by atoms with E-state index in [4.69, 9.17) is 0 Å². The quantitative estimate of drug-likeness (QED) is 0.787. The third-order valence-electron chi connectivity index (χ3n) is 5.16. The fraction of sp³-hybridized carbons (Fsp3) is 0.938. The number of hydrogen-bond acceptors (Lipinski definition) is 4. The van der Waals surface area contributed by atoms with Crippen molar-refractivity contribution >= 4 is 5.91 Å². The zero-order chi connectivity index (χ0) is 15.4. The van der Waals surface area contributed by atoms with E-state index in [0.29, 0.717) is 18.6 Å². The molecule has 0 aromatic rings. The van der Waals surface area contributed by atoms with Crippen molar-refractivity contribution in [2.45, 2.75) is 57.7 Å². The van der Waals surface area contributed by atoms with E-state index in [-0.39, 0.29) is 18.6 Å². The first-order valence-electron chi connectivity index (χ1n) is 8.37. The molecule has 2 fully saturated rings. The molecule has 2 atom stereocenters. The van der Waals surface area contributed by atoms with Crippen molar-refractivity contribution in [2.24, 2.45) is 0 Å². The third kappa shape index (κ3) is 4.18. The second-order valence-corrected chi connectivity index (χ2v) is 6.84. The van der Waals surface area contributed by atoms with Crippen LogP contribution < -0.4 is 0 Å². The number of carbonyl (C=O) groups is 1. The fourth-order valence-corrected chi connectivity index (χ4v) is 3.50. The van der Waals surface area contributed by atoms with Crippen LogP contribution in [0.3, 0.4) is 0 Å². The standard InChI is InChI=1S/C16H31N3O2/c1-13(2)17(3)16(21)11-19-9-4-6-14(19)10-18-8-5-7-15(18)12-20/h13-15,20H,4-12H2,1-3H3. The maximum Gasteiger partial charge on any atom is 0.236 e. The molecule has 2 aliphatic heterocycles. The van der Waals surface area contributed by atoms with Crippen LogP contribution in [0.2, 0.25) is 0 Å². The van der Waals surface area contributed by atoms with E-state index in [0.717, 1.165) is 26.1 Å². The molecule has 0 aromatic heterocycles. The molecule has 0 aliphatic carbocycles. The van der Waals surface area contributed by atoms with Crippen LogP contribution in [0.25, 0.3) is 0 Å². The number of amides is 1. The van der Waals surface area contributed by atoms with Gasteiger partial charge >= 0.3 is 0 Å². The van der Waals surface area contributed by atoms with E-state index >= 15 is 0 Å². The van der Waals surface area contributed by atoms with Crippen LogP contribution in [0.5, 0.6) is 0 Å². The van der Waals surface area contributed by atoms with Gasteiger partial charge in [0.1, 0.15) is 0 Å². The van der Waals surface area contributed by atoms with Gasteiger partial charge in [-0.15, -0.1) is 0 Å². The average molecular weight is 297 g/mol. The van der Waals surface area contributed by atoms with Crippen molar-refractivity contribution in [3.8, 4) is 0 Å². The maximum absolute atomic E-state index is 12.3. The Kier molecular flexibility index (Phi) is 6.02. The lowest BCUT2D eigenvalue weighted by atomic mass is 10.2. The summed E-state index contributed by atoms with van der Waals surface area (Å²) in [6.45, 7) is 8.03. The summed E-state index contributed by atoms with van der Waals surface area (Å²) < 4.78 is 0. The molecule has 5 heteroatoms. The van der Waals surface area contributed by atoms with Gasteiger partial charge < -0.3 is 10.0 Å². The SMILES string of the molecule is CC(C)N(C)C(=O)CN1CCCC1CN1CCCC1CO. The molecule has 1 N–H and O–H groups in total. The predicted octanol–water partition coefficient (Wildman–Crippen LogP) is 0.774. The molecule has 5 nitrogen and oxygen atoms in total. The minimum atomic E-state index is 0.219. The van der Waals surface area contributed by atoms with Crippen LogP contribution in [0.4, 0.5) is 0 Å². The highest BCUT2D eigenvalue weighted by Gasteiger charge is 2.32. The van der Waals surface area contributed by atoms with Gasteiger partial charge in [-0.3, -0.25) is 14.6 Å². The summed E-state index contributed by atoms with van der Waals surface area (Å²) in [6.07, 6.45) is 4.65. The Morgan fingerprint density at radius 2 is 1.81 bits per heavy atom. The highest BCUT2D eigenvalue weighted by atomic mass is 16.3. The monoisotopic (exact) mass is 297 g/mol. The largest absolute Gasteiger partial charge is 0.395 e. The molecule has 2 aliphatic rings. The van der Waals surface area contributed by atoms with E-state index in [9.17, 15) is 9.90 Å². The lowest BCUT2D eigenvalue weighted by Gasteiger charge is -2.32. The highest BCUT2D eigenvalue weighted by molar-refractivity contribution is 5.78. The van der Waals surface area contributed by atoms with Gasteiger partial charge in [0.25, 0.3) is 0 Å². The first-order chi connectivity index (χ1) is 10.0. The highest BCUT2D eigenvalue weighted by Crippen LogP contribution is 2.23. The molecular formula is C16H31N3O2. The first-order valence-corrected chi connectivity index (χ1v) is 8.37. The molecular weight excluding hydrogens is 266 g/mol. The Morgan fingerprint density at radius 3 is 2.43 bits per heavy atom. The summed E-state index contributed by atoms with van der Waals surface area (Å²) in [6, 6.07) is 1.07. The molecule has 0 bridgehead atoms. The average Bonchev–Trinajstić information content (AvgIpc) is 3.08. The van der Waals surface area contributed by atoms with Crippen molar-refractivity contribution < 1.29 is 9.90 Å². The molecule has 0 aromatic carbocycles. The van der Waals surface area contributed by atoms with Crippen molar-refractivity contribution in [2.75, 3.05) is 39.8 Å². The van der Waals surface area contributed by atoms with E-state index in [1.807, 2.05) is 11.9 Å². The number of carbonyl (C=O) groups excluding carboxylic acids is 1. The maximum atomic E-state index is 12.3. The molecule has 0 spiro atoms. The number of aliphatic hydroxyl groups excluding tert-OH is 1. The second-order valence-electron chi connectivity index (χ2n) is 6.84. The summed E-state index contributed by atoms with van der Waals surface area (Å²) in [7, 11) is 1.89. The zero-order valence-electron chi connectivity index (χ0n) is 13.8. The van der Waals surface area contributed by atoms with E-state index in [2.05, 4.69) is 23.6 Å². The predicted molar refractivity (Wildman–Crippen MR) is 84.2 cm³/mol. The number of likely N-dealkylation sites (tertiary alicyclic amines) is 2. The summed E-state index contributed by atoms with van der Waals surface area (Å²) in [5.41, 5.74) is 0. The van der Waals surface area contributed by atoms with Gasteiger partial charge in [0.05, 0.1) is 13.2 Å². The number of hydrogen-bond donors (Lipinski definition) is 1. The Morgan fingerprint density at radius 1 is 1.19 bits per heavy atom. The first kappa shape index (κ1) is 16.7.